The third-order valence-electron chi connectivity index (χ3n) is 4.90. The Labute approximate surface area is 160 Å². The molecule has 0 aliphatic rings. The molecule has 0 aromatic heterocycles. The van der Waals surface area contributed by atoms with Gasteiger partial charge in [0.05, 0.1) is 5.56 Å². The molecule has 0 aliphatic heterocycles. The van der Waals surface area contributed by atoms with Crippen molar-refractivity contribution >= 4 is 10.8 Å². The summed E-state index contributed by atoms with van der Waals surface area (Å²) in [4.78, 5) is 0. The van der Waals surface area contributed by atoms with Crippen molar-refractivity contribution in [2.75, 3.05) is 0 Å². The maximum absolute atomic E-state index is 14.7. The van der Waals surface area contributed by atoms with Gasteiger partial charge in [-0.25, -0.2) is 17.6 Å². The molecule has 0 fully saturated rings. The van der Waals surface area contributed by atoms with Crippen molar-refractivity contribution in [1.29, 1.82) is 0 Å². The molecule has 0 saturated heterocycles. The summed E-state index contributed by atoms with van der Waals surface area (Å²) in [7, 11) is 0. The van der Waals surface area contributed by atoms with E-state index in [1.54, 1.807) is 0 Å². The third kappa shape index (κ3) is 3.26. The first kappa shape index (κ1) is 18.2. The molecule has 4 aromatic rings. The van der Waals surface area contributed by atoms with E-state index in [9.17, 15) is 17.6 Å². The van der Waals surface area contributed by atoms with E-state index in [2.05, 4.69) is 13.0 Å². The fraction of sp³-hybridized carbons (Fsp3) is 0.0833. The van der Waals surface area contributed by atoms with Crippen molar-refractivity contribution in [3.8, 4) is 22.3 Å². The second-order valence-electron chi connectivity index (χ2n) is 6.69. The van der Waals surface area contributed by atoms with Crippen LogP contribution in [0.25, 0.3) is 33.0 Å². The molecule has 0 nitrogen and oxygen atoms in total. The fourth-order valence-electron chi connectivity index (χ4n) is 3.36. The zero-order chi connectivity index (χ0) is 19.8. The zero-order valence-electron chi connectivity index (χ0n) is 15.1. The summed E-state index contributed by atoms with van der Waals surface area (Å²) in [6, 6.07) is 16.9. The van der Waals surface area contributed by atoms with Crippen molar-refractivity contribution < 1.29 is 17.6 Å². The predicted molar refractivity (Wildman–Crippen MR) is 104 cm³/mol. The predicted octanol–water partition coefficient (Wildman–Crippen LogP) is 7.29. The lowest BCUT2D eigenvalue weighted by Crippen LogP contribution is -1.94. The van der Waals surface area contributed by atoms with Gasteiger partial charge in [0.1, 0.15) is 11.6 Å². The van der Waals surface area contributed by atoms with E-state index in [1.165, 1.54) is 17.7 Å². The maximum atomic E-state index is 14.7. The standard InChI is InChI=1S/C24H16F4/c1-2-14-3-4-16-10-17(6-5-15(16)9-14)19-12-22(27)24(23(28)13-19)18-7-8-20(25)21(26)11-18/h3-13H,2H2,1H3. The average Bonchev–Trinajstić information content (AvgIpc) is 2.69. The highest BCUT2D eigenvalue weighted by molar-refractivity contribution is 5.88. The second kappa shape index (κ2) is 7.12. The summed E-state index contributed by atoms with van der Waals surface area (Å²) >= 11 is 0. The maximum Gasteiger partial charge on any atom is 0.159 e. The van der Waals surface area contributed by atoms with Crippen LogP contribution >= 0.6 is 0 Å². The first-order chi connectivity index (χ1) is 13.5. The number of halogens is 4. The Morgan fingerprint density at radius 2 is 1.14 bits per heavy atom. The third-order valence-corrected chi connectivity index (χ3v) is 4.90. The lowest BCUT2D eigenvalue weighted by atomic mass is 9.96. The minimum atomic E-state index is -1.15. The molecule has 4 aromatic carbocycles. The largest absolute Gasteiger partial charge is 0.206 e. The van der Waals surface area contributed by atoms with Gasteiger partial charge in [0, 0.05) is 0 Å². The summed E-state index contributed by atoms with van der Waals surface area (Å²) in [6.45, 7) is 2.08. The Bertz CT molecular complexity index is 1170. The highest BCUT2D eigenvalue weighted by atomic mass is 19.2. The number of benzene rings is 4. The van der Waals surface area contributed by atoms with Crippen LogP contribution < -0.4 is 0 Å². The van der Waals surface area contributed by atoms with E-state index in [-0.39, 0.29) is 11.1 Å². The van der Waals surface area contributed by atoms with E-state index in [0.29, 0.717) is 11.1 Å². The topological polar surface area (TPSA) is 0 Å². The molecule has 0 atom stereocenters. The molecule has 0 saturated carbocycles. The van der Waals surface area contributed by atoms with Gasteiger partial charge in [-0.15, -0.1) is 0 Å². The van der Waals surface area contributed by atoms with Crippen LogP contribution in [0.5, 0.6) is 0 Å². The lowest BCUT2D eigenvalue weighted by Gasteiger charge is -2.10. The normalized spacial score (nSPS) is 11.2. The van der Waals surface area contributed by atoms with Crippen molar-refractivity contribution in [1.82, 2.24) is 0 Å². The molecule has 0 unspecified atom stereocenters. The number of hydrogen-bond acceptors (Lipinski definition) is 0. The van der Waals surface area contributed by atoms with Gasteiger partial charge in [-0.2, -0.15) is 0 Å². The van der Waals surface area contributed by atoms with Gasteiger partial charge < -0.3 is 0 Å². The monoisotopic (exact) mass is 380 g/mol. The van der Waals surface area contributed by atoms with Crippen LogP contribution in [-0.4, -0.2) is 0 Å². The molecule has 0 spiro atoms. The van der Waals surface area contributed by atoms with E-state index >= 15 is 0 Å². The first-order valence-corrected chi connectivity index (χ1v) is 8.94. The Morgan fingerprint density at radius 1 is 0.536 bits per heavy atom. The van der Waals surface area contributed by atoms with Crippen LogP contribution in [0.15, 0.2) is 66.7 Å². The van der Waals surface area contributed by atoms with Crippen LogP contribution in [0.3, 0.4) is 0 Å². The van der Waals surface area contributed by atoms with Gasteiger partial charge in [-0.1, -0.05) is 43.3 Å². The summed E-state index contributed by atoms with van der Waals surface area (Å²) in [5.41, 5.74) is 1.84. The van der Waals surface area contributed by atoms with Crippen LogP contribution in [0, 0.1) is 23.3 Å². The van der Waals surface area contributed by atoms with Gasteiger partial charge in [0.2, 0.25) is 0 Å². The molecule has 0 aliphatic carbocycles. The van der Waals surface area contributed by atoms with Gasteiger partial charge in [0.25, 0.3) is 0 Å². The summed E-state index contributed by atoms with van der Waals surface area (Å²) < 4.78 is 55.9. The molecular weight excluding hydrogens is 364 g/mol. The molecule has 4 rings (SSSR count). The van der Waals surface area contributed by atoms with Crippen molar-refractivity contribution in [3.05, 3.63) is 95.6 Å². The molecule has 0 N–H and O–H groups in total. The molecule has 4 heteroatoms. The molecule has 0 bridgehead atoms. The quantitative estimate of drug-likeness (QED) is 0.327. The van der Waals surface area contributed by atoms with Gasteiger partial charge in [0.15, 0.2) is 11.6 Å². The van der Waals surface area contributed by atoms with Crippen molar-refractivity contribution in [3.63, 3.8) is 0 Å². The molecule has 0 heterocycles. The number of aryl methyl sites for hydroxylation is 1. The molecule has 0 amide bonds. The Hall–Kier alpha value is -3.14. The van der Waals surface area contributed by atoms with Gasteiger partial charge in [-0.3, -0.25) is 0 Å². The molecule has 140 valence electrons. The summed E-state index contributed by atoms with van der Waals surface area (Å²) in [5.74, 6) is -3.88. The van der Waals surface area contributed by atoms with E-state index in [0.717, 1.165) is 35.4 Å². The number of rotatable bonds is 3. The van der Waals surface area contributed by atoms with Crippen LogP contribution in [0.2, 0.25) is 0 Å². The van der Waals surface area contributed by atoms with Crippen molar-refractivity contribution in [2.45, 2.75) is 13.3 Å². The number of fused-ring (bicyclic) bond motifs is 1. The minimum absolute atomic E-state index is 0.0499. The number of hydrogen-bond donors (Lipinski definition) is 0. The van der Waals surface area contributed by atoms with Crippen LogP contribution in [0.4, 0.5) is 17.6 Å². The molecule has 0 radical (unpaired) electrons. The van der Waals surface area contributed by atoms with Crippen molar-refractivity contribution in [2.24, 2.45) is 0 Å². The SMILES string of the molecule is CCc1ccc2cc(-c3cc(F)c(-c4ccc(F)c(F)c4)c(F)c3)ccc2c1. The minimum Gasteiger partial charge on any atom is -0.206 e. The second-order valence-corrected chi connectivity index (χ2v) is 6.69. The molecular formula is C24H16F4. The smallest absolute Gasteiger partial charge is 0.159 e. The summed E-state index contributed by atoms with van der Waals surface area (Å²) in [6.07, 6.45) is 0.930. The fourth-order valence-corrected chi connectivity index (χ4v) is 3.36. The highest BCUT2D eigenvalue weighted by Crippen LogP contribution is 2.33. The van der Waals surface area contributed by atoms with Crippen LogP contribution in [0.1, 0.15) is 12.5 Å². The average molecular weight is 380 g/mol. The zero-order valence-corrected chi connectivity index (χ0v) is 15.1. The van der Waals surface area contributed by atoms with Crippen LogP contribution in [-0.2, 0) is 6.42 Å². The Balaban J connectivity index is 1.79. The summed E-state index contributed by atoms with van der Waals surface area (Å²) in [5, 5.41) is 2.03. The Kier molecular flexibility index (Phi) is 4.63. The highest BCUT2D eigenvalue weighted by Gasteiger charge is 2.16. The first-order valence-electron chi connectivity index (χ1n) is 8.94. The van der Waals surface area contributed by atoms with Gasteiger partial charge in [-0.05, 0) is 69.8 Å². The van der Waals surface area contributed by atoms with E-state index < -0.39 is 23.3 Å². The Morgan fingerprint density at radius 3 is 1.82 bits per heavy atom. The molecule has 28 heavy (non-hydrogen) atoms. The van der Waals surface area contributed by atoms with E-state index in [4.69, 9.17) is 0 Å². The van der Waals surface area contributed by atoms with Gasteiger partial charge >= 0.3 is 0 Å². The van der Waals surface area contributed by atoms with E-state index in [1.807, 2.05) is 30.3 Å². The lowest BCUT2D eigenvalue weighted by molar-refractivity contribution is 0.508.